The van der Waals surface area contributed by atoms with Gasteiger partial charge in [-0.1, -0.05) is 35.0 Å². The average Bonchev–Trinajstić information content (AvgIpc) is 3.38. The minimum atomic E-state index is -0.582. The zero-order valence-corrected chi connectivity index (χ0v) is 16.9. The second kappa shape index (κ2) is 8.08. The molecule has 152 valence electrons. The zero-order chi connectivity index (χ0) is 21.3. The van der Waals surface area contributed by atoms with E-state index < -0.39 is 11.7 Å². The normalized spacial score (nSPS) is 12.0. The van der Waals surface area contributed by atoms with Crippen molar-refractivity contribution >= 4 is 17.5 Å². The van der Waals surface area contributed by atoms with E-state index in [9.17, 15) is 9.18 Å². The van der Waals surface area contributed by atoms with Gasteiger partial charge in [-0.25, -0.2) is 14.1 Å². The van der Waals surface area contributed by atoms with Gasteiger partial charge in [0.25, 0.3) is 5.91 Å². The average molecular weight is 426 g/mol. The molecule has 0 fully saturated rings. The molecule has 4 aromatic rings. The molecule has 1 amide bonds. The number of benzene rings is 2. The predicted molar refractivity (Wildman–Crippen MR) is 109 cm³/mol. The molecular formula is C21H17ClFN5O2. The van der Waals surface area contributed by atoms with E-state index >= 15 is 0 Å². The summed E-state index contributed by atoms with van der Waals surface area (Å²) in [6.07, 6.45) is 3.06. The first-order valence-electron chi connectivity index (χ1n) is 9.12. The highest BCUT2D eigenvalue weighted by Crippen LogP contribution is 2.33. The molecule has 9 heteroatoms. The number of hydrogen-bond acceptors (Lipinski definition) is 5. The summed E-state index contributed by atoms with van der Waals surface area (Å²) in [5.74, 6) is -0.743. The Kier molecular flexibility index (Phi) is 5.33. The third kappa shape index (κ3) is 3.69. The maximum absolute atomic E-state index is 14.4. The fourth-order valence-corrected chi connectivity index (χ4v) is 3.40. The Labute approximate surface area is 176 Å². The summed E-state index contributed by atoms with van der Waals surface area (Å²) in [5, 5.41) is 11.0. The molecular weight excluding hydrogens is 409 g/mol. The largest absolute Gasteiger partial charge is 0.360 e. The maximum Gasteiger partial charge on any atom is 0.257 e. The monoisotopic (exact) mass is 425 g/mol. The second-order valence-corrected chi connectivity index (χ2v) is 7.09. The van der Waals surface area contributed by atoms with Crippen LogP contribution in [0.5, 0.6) is 0 Å². The van der Waals surface area contributed by atoms with Crippen LogP contribution in [0.4, 0.5) is 4.39 Å². The molecule has 30 heavy (non-hydrogen) atoms. The molecule has 0 unspecified atom stereocenters. The summed E-state index contributed by atoms with van der Waals surface area (Å²) in [5.41, 5.74) is 1.98. The molecule has 0 spiro atoms. The van der Waals surface area contributed by atoms with E-state index in [2.05, 4.69) is 20.6 Å². The van der Waals surface area contributed by atoms with Gasteiger partial charge in [-0.05, 0) is 43.7 Å². The van der Waals surface area contributed by atoms with Gasteiger partial charge in [0.15, 0.2) is 0 Å². The Morgan fingerprint density at radius 2 is 2.00 bits per heavy atom. The maximum atomic E-state index is 14.4. The van der Waals surface area contributed by atoms with Crippen LogP contribution in [0.1, 0.15) is 34.6 Å². The first-order valence-corrected chi connectivity index (χ1v) is 9.50. The van der Waals surface area contributed by atoms with E-state index in [0.717, 1.165) is 11.3 Å². The van der Waals surface area contributed by atoms with Crippen molar-refractivity contribution in [2.75, 3.05) is 0 Å². The highest BCUT2D eigenvalue weighted by molar-refractivity contribution is 6.33. The summed E-state index contributed by atoms with van der Waals surface area (Å²) in [6.45, 7) is 3.44. The molecule has 7 nitrogen and oxygen atoms in total. The van der Waals surface area contributed by atoms with Gasteiger partial charge < -0.3 is 9.84 Å². The van der Waals surface area contributed by atoms with Crippen LogP contribution < -0.4 is 5.32 Å². The van der Waals surface area contributed by atoms with Crippen LogP contribution in [0, 0.1) is 12.7 Å². The number of rotatable bonds is 5. The number of nitrogens with zero attached hydrogens (tertiary/aromatic N) is 4. The second-order valence-electron chi connectivity index (χ2n) is 6.69. The van der Waals surface area contributed by atoms with E-state index in [1.54, 1.807) is 17.9 Å². The van der Waals surface area contributed by atoms with E-state index in [-0.39, 0.29) is 33.6 Å². The van der Waals surface area contributed by atoms with Crippen LogP contribution in [0.3, 0.4) is 0 Å². The van der Waals surface area contributed by atoms with Crippen LogP contribution in [0.25, 0.3) is 16.9 Å². The number of hydrogen-bond donors (Lipinski definition) is 1. The van der Waals surface area contributed by atoms with Gasteiger partial charge in [0.05, 0.1) is 22.3 Å². The van der Waals surface area contributed by atoms with Crippen molar-refractivity contribution in [2.45, 2.75) is 19.9 Å². The molecule has 1 N–H and O–H groups in total. The minimum Gasteiger partial charge on any atom is -0.360 e. The number of carbonyl (C=O) groups is 1. The molecule has 0 aliphatic carbocycles. The quantitative estimate of drug-likeness (QED) is 0.508. The van der Waals surface area contributed by atoms with Crippen LogP contribution in [-0.2, 0) is 0 Å². The van der Waals surface area contributed by atoms with Gasteiger partial charge in [0.1, 0.15) is 35.5 Å². The lowest BCUT2D eigenvalue weighted by molar-refractivity contribution is 0.0939. The highest BCUT2D eigenvalue weighted by atomic mass is 35.5. The molecule has 2 aromatic carbocycles. The van der Waals surface area contributed by atoms with Crippen molar-refractivity contribution in [3.05, 3.63) is 82.8 Å². The van der Waals surface area contributed by atoms with Gasteiger partial charge >= 0.3 is 0 Å². The zero-order valence-electron chi connectivity index (χ0n) is 16.1. The first kappa shape index (κ1) is 19.8. The molecule has 2 heterocycles. The van der Waals surface area contributed by atoms with Gasteiger partial charge in [0.2, 0.25) is 0 Å². The van der Waals surface area contributed by atoms with E-state index in [0.29, 0.717) is 0 Å². The molecule has 0 saturated carbocycles. The third-order valence-electron chi connectivity index (χ3n) is 4.71. The molecule has 2 aromatic heterocycles. The van der Waals surface area contributed by atoms with Crippen LogP contribution in [0.2, 0.25) is 5.02 Å². The molecule has 0 aliphatic rings. The van der Waals surface area contributed by atoms with Crippen molar-refractivity contribution in [3.8, 4) is 16.9 Å². The predicted octanol–water partition coefficient (Wildman–Crippen LogP) is 4.51. The van der Waals surface area contributed by atoms with Gasteiger partial charge in [-0.15, -0.1) is 0 Å². The summed E-state index contributed by atoms with van der Waals surface area (Å²) in [7, 11) is 0. The fraction of sp³-hybridized carbons (Fsp3) is 0.143. The summed E-state index contributed by atoms with van der Waals surface area (Å²) >= 11 is 6.14. The third-order valence-corrected chi connectivity index (χ3v) is 5.03. The lowest BCUT2D eigenvalue weighted by Crippen LogP contribution is -2.27. The Bertz CT molecular complexity index is 1170. The number of aryl methyl sites for hydroxylation is 1. The minimum absolute atomic E-state index is 0.0333. The fourth-order valence-electron chi connectivity index (χ4n) is 3.14. The summed E-state index contributed by atoms with van der Waals surface area (Å²) < 4.78 is 21.2. The molecule has 0 saturated heterocycles. The molecule has 1 atom stereocenters. The van der Waals surface area contributed by atoms with E-state index in [4.69, 9.17) is 16.1 Å². The molecule has 0 aliphatic heterocycles. The molecule has 0 radical (unpaired) electrons. The van der Waals surface area contributed by atoms with Gasteiger partial charge in [-0.2, -0.15) is 5.10 Å². The standard InChI is InChI=1S/C21H17ClFN5O2/c1-12(14-6-8-15(9-7-14)28-11-24-10-25-28)26-21(29)18-13(2)30-27-20(18)19-16(22)4-3-5-17(19)23/h3-12H,1-2H3,(H,26,29)/t12-/m1/s1. The Morgan fingerprint density at radius 1 is 1.23 bits per heavy atom. The summed E-state index contributed by atoms with van der Waals surface area (Å²) in [4.78, 5) is 16.9. The van der Waals surface area contributed by atoms with E-state index in [1.807, 2.05) is 31.2 Å². The number of halogens is 2. The summed E-state index contributed by atoms with van der Waals surface area (Å²) in [6, 6.07) is 11.5. The number of aromatic nitrogens is 4. The van der Waals surface area contributed by atoms with Crippen LogP contribution in [-0.4, -0.2) is 25.8 Å². The van der Waals surface area contributed by atoms with Crippen LogP contribution >= 0.6 is 11.6 Å². The number of carbonyl (C=O) groups excluding carboxylic acids is 1. The smallest absolute Gasteiger partial charge is 0.257 e. The lowest BCUT2D eigenvalue weighted by Gasteiger charge is -2.15. The molecule has 0 bridgehead atoms. The first-order chi connectivity index (χ1) is 14.5. The highest BCUT2D eigenvalue weighted by Gasteiger charge is 2.26. The van der Waals surface area contributed by atoms with Crippen LogP contribution in [0.15, 0.2) is 59.6 Å². The van der Waals surface area contributed by atoms with Crippen molar-refractivity contribution in [1.82, 2.24) is 25.2 Å². The lowest BCUT2D eigenvalue weighted by atomic mass is 10.0. The van der Waals surface area contributed by atoms with E-state index in [1.165, 1.54) is 24.5 Å². The van der Waals surface area contributed by atoms with Gasteiger partial charge in [-0.3, -0.25) is 4.79 Å². The topological polar surface area (TPSA) is 85.8 Å². The van der Waals surface area contributed by atoms with Crippen molar-refractivity contribution in [2.24, 2.45) is 0 Å². The van der Waals surface area contributed by atoms with Crippen molar-refractivity contribution in [1.29, 1.82) is 0 Å². The molecule has 4 rings (SSSR count). The SMILES string of the molecule is Cc1onc(-c2c(F)cccc2Cl)c1C(=O)N[C@H](C)c1ccc(-n2cncn2)cc1. The van der Waals surface area contributed by atoms with Gasteiger partial charge in [0, 0.05) is 0 Å². The Morgan fingerprint density at radius 3 is 2.67 bits per heavy atom. The van der Waals surface area contributed by atoms with Crippen molar-refractivity contribution < 1.29 is 13.7 Å². The Hall–Kier alpha value is -3.52. The number of nitrogens with one attached hydrogen (secondary N) is 1. The van der Waals surface area contributed by atoms with Crippen molar-refractivity contribution in [3.63, 3.8) is 0 Å². The Balaban J connectivity index is 1.58. The number of amides is 1.